The molecule has 2 aromatic carbocycles. The molecule has 1 atom stereocenters. The lowest BCUT2D eigenvalue weighted by Crippen LogP contribution is -2.44. The van der Waals surface area contributed by atoms with Crippen LogP contribution in [0.1, 0.15) is 23.7 Å². The highest BCUT2D eigenvalue weighted by Crippen LogP contribution is 2.27. The molecular weight excluding hydrogens is 475 g/mol. The molecule has 0 fully saturated rings. The first-order valence-electron chi connectivity index (χ1n) is 11.9. The molecule has 3 heterocycles. The molecule has 2 aromatic heterocycles. The van der Waals surface area contributed by atoms with E-state index in [2.05, 4.69) is 9.98 Å². The Labute approximate surface area is 225 Å². The van der Waals surface area contributed by atoms with Crippen LogP contribution in [0.15, 0.2) is 64.8 Å². The minimum atomic E-state index is -0.676. The Morgan fingerprint density at radius 3 is 2.47 bits per heavy atom. The minimum Gasteiger partial charge on any atom is -0.495 e. The molecule has 1 aliphatic heterocycles. The van der Waals surface area contributed by atoms with E-state index in [1.807, 2.05) is 55.9 Å². The van der Waals surface area contributed by atoms with E-state index in [-0.39, 0.29) is 11.4 Å². The van der Waals surface area contributed by atoms with Gasteiger partial charge in [-0.1, -0.05) is 18.2 Å². The van der Waals surface area contributed by atoms with Gasteiger partial charge in [0.05, 0.1) is 36.9 Å². The van der Waals surface area contributed by atoms with Gasteiger partial charge in [0.25, 0.3) is 5.56 Å². The number of nitrogens with zero attached hydrogens (tertiary/aromatic N) is 5. The third-order valence-electron chi connectivity index (χ3n) is 6.49. The monoisotopic (exact) mass is 500 g/mol. The maximum absolute atomic E-state index is 13.5. The summed E-state index contributed by atoms with van der Waals surface area (Å²) in [4.78, 5) is 22.4. The van der Waals surface area contributed by atoms with Crippen molar-refractivity contribution in [1.29, 1.82) is 0 Å². The summed E-state index contributed by atoms with van der Waals surface area (Å²) < 4.78 is 24.5. The van der Waals surface area contributed by atoms with Gasteiger partial charge in [0.1, 0.15) is 16.9 Å². The zero-order chi connectivity index (χ0) is 27.6. The molecule has 13 heteroatoms. The second-order valence-electron chi connectivity index (χ2n) is 9.25. The molecule has 4 aromatic rings. The molecule has 38 heavy (non-hydrogen) atoms. The molecular formula is C25H24B5FN5O2. The molecule has 1 aliphatic rings. The highest BCUT2D eigenvalue weighted by molar-refractivity contribution is 7.60. The van der Waals surface area contributed by atoms with Gasteiger partial charge in [-0.3, -0.25) is 9.36 Å². The summed E-state index contributed by atoms with van der Waals surface area (Å²) in [6, 6.07) is 12.0. The van der Waals surface area contributed by atoms with E-state index in [4.69, 9.17) is 27.9 Å². The molecule has 0 aliphatic carbocycles. The summed E-state index contributed by atoms with van der Waals surface area (Å²) in [5.74, 6) is 0.360. The van der Waals surface area contributed by atoms with Gasteiger partial charge < -0.3 is 13.9 Å². The number of imidazole rings is 2. The Balaban J connectivity index is 0.000000617. The van der Waals surface area contributed by atoms with Crippen LogP contribution >= 0.6 is 0 Å². The Hall–Kier alpha value is -3.62. The van der Waals surface area contributed by atoms with Gasteiger partial charge in [-0.25, -0.2) is 14.4 Å². The molecule has 0 N–H and O–H groups in total. The normalized spacial score (nSPS) is 16.3. The second-order valence-corrected chi connectivity index (χ2v) is 9.25. The van der Waals surface area contributed by atoms with Crippen LogP contribution in [-0.4, -0.2) is 69.0 Å². The first-order valence-corrected chi connectivity index (χ1v) is 11.9. The quantitative estimate of drug-likeness (QED) is 0.368. The fourth-order valence-corrected chi connectivity index (χ4v) is 4.42. The number of aryl methyl sites for hydroxylation is 1. The number of benzene rings is 2. The van der Waals surface area contributed by atoms with Crippen LogP contribution in [0.5, 0.6) is 5.75 Å². The van der Waals surface area contributed by atoms with Gasteiger partial charge >= 0.3 is 0 Å². The van der Waals surface area contributed by atoms with Crippen molar-refractivity contribution >= 4 is 42.7 Å². The van der Waals surface area contributed by atoms with Crippen LogP contribution in [0.4, 0.5) is 4.39 Å². The summed E-state index contributed by atoms with van der Waals surface area (Å²) in [5.41, 5.74) is 3.21. The van der Waals surface area contributed by atoms with Gasteiger partial charge in [-0.15, -0.1) is 0 Å². The smallest absolute Gasteiger partial charge is 0.278 e. The molecule has 7 nitrogen and oxygen atoms in total. The van der Waals surface area contributed by atoms with Gasteiger partial charge in [0.15, 0.2) is 0 Å². The van der Waals surface area contributed by atoms with Crippen molar-refractivity contribution in [2.24, 2.45) is 12.0 Å². The predicted molar refractivity (Wildman–Crippen MR) is 152 cm³/mol. The van der Waals surface area contributed by atoms with Crippen molar-refractivity contribution in [2.45, 2.75) is 19.4 Å². The number of aromatic nitrogens is 4. The minimum absolute atomic E-state index is 0.145. The van der Waals surface area contributed by atoms with Crippen LogP contribution in [0.3, 0.4) is 0 Å². The van der Waals surface area contributed by atoms with E-state index < -0.39 is 11.9 Å². The second kappa shape index (κ2) is 11.0. The summed E-state index contributed by atoms with van der Waals surface area (Å²) >= 11 is 0. The van der Waals surface area contributed by atoms with Crippen LogP contribution in [-0.2, 0) is 12.6 Å². The number of hydrogen-bond donors (Lipinski definition) is 0. The zero-order valence-corrected chi connectivity index (χ0v) is 21.8. The predicted octanol–water partition coefficient (Wildman–Crippen LogP) is 0.150. The number of rotatable bonds is 5. The van der Waals surface area contributed by atoms with E-state index >= 15 is 0 Å². The van der Waals surface area contributed by atoms with E-state index in [9.17, 15) is 9.18 Å². The maximum Gasteiger partial charge on any atom is 0.278 e. The molecule has 0 saturated heterocycles. The maximum atomic E-state index is 13.5. The topological polar surface area (TPSA) is 66.3 Å². The van der Waals surface area contributed by atoms with E-state index in [1.54, 1.807) is 34.7 Å². The average molecular weight is 500 g/mol. The lowest BCUT2D eigenvalue weighted by molar-refractivity contribution is 0.413. The fourth-order valence-electron chi connectivity index (χ4n) is 4.42. The summed E-state index contributed by atoms with van der Waals surface area (Å²) in [6.07, 6.45) is 5.03. The van der Waals surface area contributed by atoms with Gasteiger partial charge in [0, 0.05) is 49.9 Å². The molecule has 0 saturated carbocycles. The highest BCUT2D eigenvalue weighted by Gasteiger charge is 2.36. The van der Waals surface area contributed by atoms with Crippen molar-refractivity contribution in [2.75, 3.05) is 13.7 Å². The lowest BCUT2D eigenvalue weighted by Gasteiger charge is -2.25. The molecule has 0 bridgehead atoms. The van der Waals surface area contributed by atoms with Crippen molar-refractivity contribution < 1.29 is 9.13 Å². The van der Waals surface area contributed by atoms with Crippen LogP contribution in [0.25, 0.3) is 11.8 Å². The summed E-state index contributed by atoms with van der Waals surface area (Å²) in [6.45, 7) is 4.30. The summed E-state index contributed by atoms with van der Waals surface area (Å²) in [7, 11) is 19.2. The van der Waals surface area contributed by atoms with Crippen LogP contribution < -0.4 is 21.3 Å². The Morgan fingerprint density at radius 1 is 1.21 bits per heavy atom. The van der Waals surface area contributed by atoms with Gasteiger partial charge in [-0.05, 0) is 55.3 Å². The Morgan fingerprint density at radius 2 is 1.89 bits per heavy atom. The molecule has 1 unspecified atom stereocenters. The number of hydrogen-bond acceptors (Lipinski definition) is 4. The Kier molecular flexibility index (Phi) is 7.95. The molecule has 0 amide bonds. The fraction of sp³-hybridized carbons (Fsp3) is 0.240. The number of ether oxygens (including phenoxy) is 1. The largest absolute Gasteiger partial charge is 0.495 e. The number of fused-ring (bicyclic) bond motifs is 1. The van der Waals surface area contributed by atoms with E-state index in [0.29, 0.717) is 23.3 Å². The lowest BCUT2D eigenvalue weighted by atomic mass is 8.97. The summed E-state index contributed by atoms with van der Waals surface area (Å²) in [5, 5.41) is 0.509. The standard InChI is InChI=1S/C25H24FN5O2.B5/c1-16-13-30(15-28-16)20-10-5-17(12-22(20)33-4)11-21-23(32)31-24(29(21)3)27-14-25(31,2)18-6-8-19(26)9-7-18;1-4-5(2)3/h5-13,15H,14H2,1-4H3;/b21-11-;. The zero-order valence-electron chi connectivity index (χ0n) is 21.8. The van der Waals surface area contributed by atoms with E-state index in [0.717, 1.165) is 22.5 Å². The molecule has 183 valence electrons. The van der Waals surface area contributed by atoms with Gasteiger partial charge in [-0.2, -0.15) is 0 Å². The molecule has 5 rings (SSSR count). The Bertz CT molecular complexity index is 1630. The molecule has 0 spiro atoms. The number of methoxy groups -OCH3 is 1. The molecule has 7 radical (unpaired) electrons. The van der Waals surface area contributed by atoms with Crippen molar-refractivity contribution in [3.8, 4) is 11.4 Å². The van der Waals surface area contributed by atoms with Gasteiger partial charge in [0.2, 0.25) is 5.62 Å². The average Bonchev–Trinajstić information content (AvgIpc) is 3.56. The van der Waals surface area contributed by atoms with E-state index in [1.165, 1.54) is 19.2 Å². The van der Waals surface area contributed by atoms with Crippen molar-refractivity contribution in [1.82, 2.24) is 18.7 Å². The SMILES string of the molecule is COc1cc(/C=c2/c(=O)n3c(n2C)=NCC3(C)c2ccc(F)cc2)ccc1-n1cnc(C)c1.[B][B]B([B])[B]. The van der Waals surface area contributed by atoms with Crippen molar-refractivity contribution in [3.63, 3.8) is 0 Å². The third kappa shape index (κ3) is 5.19. The van der Waals surface area contributed by atoms with Crippen molar-refractivity contribution in [3.05, 3.63) is 98.9 Å². The first-order chi connectivity index (χ1) is 18.1. The van der Waals surface area contributed by atoms with Crippen LogP contribution in [0.2, 0.25) is 0 Å². The first kappa shape index (κ1) is 27.4. The van der Waals surface area contributed by atoms with Crippen LogP contribution in [0, 0.1) is 12.7 Å². The third-order valence-corrected chi connectivity index (χ3v) is 6.49. The number of halogens is 1. The highest BCUT2D eigenvalue weighted by atomic mass is 19.1.